The van der Waals surface area contributed by atoms with Crippen molar-refractivity contribution in [1.29, 1.82) is 0 Å². The molecule has 100 valence electrons. The van der Waals surface area contributed by atoms with Gasteiger partial charge in [-0.2, -0.15) is 18.3 Å². The average Bonchev–Trinajstić information content (AvgIpc) is 2.76. The van der Waals surface area contributed by atoms with Crippen LogP contribution < -0.4 is 0 Å². The molecule has 0 saturated carbocycles. The number of aryl methyl sites for hydroxylation is 1. The molecular weight excluding hydrogens is 265 g/mol. The normalized spacial score (nSPS) is 11.6. The first-order valence-corrected chi connectivity index (χ1v) is 4.99. The van der Waals surface area contributed by atoms with Gasteiger partial charge in [0.2, 0.25) is 0 Å². The fourth-order valence-corrected chi connectivity index (χ4v) is 1.38. The number of rotatable bonds is 2. The zero-order valence-electron chi connectivity index (χ0n) is 9.51. The van der Waals surface area contributed by atoms with Gasteiger partial charge in [-0.15, -0.1) is 0 Å². The lowest BCUT2D eigenvalue weighted by molar-refractivity contribution is -0.141. The van der Waals surface area contributed by atoms with E-state index in [-0.39, 0.29) is 17.3 Å². The SMILES string of the molecule is Cc1nc(-n2ccc(C(=O)O)n2)cc(C(F)(F)F)n1. The van der Waals surface area contributed by atoms with Gasteiger partial charge in [0.05, 0.1) is 0 Å². The summed E-state index contributed by atoms with van der Waals surface area (Å²) in [6.45, 7) is 1.31. The molecule has 6 nitrogen and oxygen atoms in total. The molecule has 0 fully saturated rings. The number of carbonyl (C=O) groups is 1. The van der Waals surface area contributed by atoms with Crippen LogP contribution in [0.5, 0.6) is 0 Å². The Morgan fingerprint density at radius 3 is 2.58 bits per heavy atom. The van der Waals surface area contributed by atoms with Crippen LogP contribution in [-0.4, -0.2) is 30.8 Å². The van der Waals surface area contributed by atoms with Gasteiger partial charge < -0.3 is 5.11 Å². The van der Waals surface area contributed by atoms with Crippen LogP contribution in [0.3, 0.4) is 0 Å². The van der Waals surface area contributed by atoms with Crippen molar-refractivity contribution in [1.82, 2.24) is 19.7 Å². The number of carboxylic acids is 1. The summed E-state index contributed by atoms with van der Waals surface area (Å²) in [5, 5.41) is 12.3. The average molecular weight is 272 g/mol. The highest BCUT2D eigenvalue weighted by Crippen LogP contribution is 2.28. The van der Waals surface area contributed by atoms with Gasteiger partial charge in [0.1, 0.15) is 11.5 Å². The summed E-state index contributed by atoms with van der Waals surface area (Å²) in [7, 11) is 0. The fourth-order valence-electron chi connectivity index (χ4n) is 1.38. The Morgan fingerprint density at radius 1 is 1.37 bits per heavy atom. The van der Waals surface area contributed by atoms with Crippen molar-refractivity contribution in [2.75, 3.05) is 0 Å². The van der Waals surface area contributed by atoms with E-state index >= 15 is 0 Å². The Labute approximate surface area is 104 Å². The molecule has 0 aromatic carbocycles. The lowest BCUT2D eigenvalue weighted by Gasteiger charge is -2.08. The van der Waals surface area contributed by atoms with E-state index in [1.54, 1.807) is 0 Å². The highest BCUT2D eigenvalue weighted by atomic mass is 19.4. The molecule has 2 heterocycles. The van der Waals surface area contributed by atoms with Crippen LogP contribution in [0.4, 0.5) is 13.2 Å². The predicted molar refractivity (Wildman–Crippen MR) is 55.9 cm³/mol. The molecule has 2 aromatic rings. The second-order valence-electron chi connectivity index (χ2n) is 3.61. The molecule has 2 rings (SSSR count). The van der Waals surface area contributed by atoms with Gasteiger partial charge in [0.15, 0.2) is 11.5 Å². The molecule has 9 heteroatoms. The molecule has 0 spiro atoms. The molecule has 1 N–H and O–H groups in total. The lowest BCUT2D eigenvalue weighted by atomic mass is 10.3. The molecule has 2 aromatic heterocycles. The molecular formula is C10H7F3N4O2. The van der Waals surface area contributed by atoms with Gasteiger partial charge in [-0.25, -0.2) is 19.4 Å². The van der Waals surface area contributed by atoms with Crippen molar-refractivity contribution >= 4 is 5.97 Å². The second kappa shape index (κ2) is 4.34. The third kappa shape index (κ3) is 2.69. The topological polar surface area (TPSA) is 80.9 Å². The molecule has 0 amide bonds. The van der Waals surface area contributed by atoms with Gasteiger partial charge in [0.25, 0.3) is 0 Å². The molecule has 0 radical (unpaired) electrons. The molecule has 0 atom stereocenters. The third-order valence-electron chi connectivity index (χ3n) is 2.16. The van der Waals surface area contributed by atoms with E-state index in [0.29, 0.717) is 6.07 Å². The van der Waals surface area contributed by atoms with Crippen LogP contribution in [0.1, 0.15) is 22.0 Å². The highest BCUT2D eigenvalue weighted by Gasteiger charge is 2.33. The van der Waals surface area contributed by atoms with Crippen LogP contribution in [0.25, 0.3) is 5.82 Å². The highest BCUT2D eigenvalue weighted by molar-refractivity contribution is 5.85. The van der Waals surface area contributed by atoms with Gasteiger partial charge >= 0.3 is 12.1 Å². The summed E-state index contributed by atoms with van der Waals surface area (Å²) < 4.78 is 38.7. The van der Waals surface area contributed by atoms with Gasteiger partial charge in [-0.3, -0.25) is 0 Å². The lowest BCUT2D eigenvalue weighted by Crippen LogP contribution is -2.12. The minimum Gasteiger partial charge on any atom is -0.476 e. The summed E-state index contributed by atoms with van der Waals surface area (Å²) in [6.07, 6.45) is -3.39. The molecule has 0 unspecified atom stereocenters. The number of halogens is 3. The van der Waals surface area contributed by atoms with E-state index in [1.807, 2.05) is 0 Å². The van der Waals surface area contributed by atoms with E-state index in [9.17, 15) is 18.0 Å². The number of carboxylic acid groups (broad SMARTS) is 1. The minimum absolute atomic E-state index is 0.0859. The smallest absolute Gasteiger partial charge is 0.433 e. The van der Waals surface area contributed by atoms with Crippen molar-refractivity contribution < 1.29 is 23.1 Å². The first-order valence-electron chi connectivity index (χ1n) is 4.99. The zero-order valence-corrected chi connectivity index (χ0v) is 9.51. The maximum absolute atomic E-state index is 12.6. The maximum atomic E-state index is 12.6. The van der Waals surface area contributed by atoms with Gasteiger partial charge in [-0.05, 0) is 13.0 Å². The quantitative estimate of drug-likeness (QED) is 0.899. The summed E-state index contributed by atoms with van der Waals surface area (Å²) in [5.41, 5.74) is -1.40. The van der Waals surface area contributed by atoms with Crippen LogP contribution in [0.15, 0.2) is 18.3 Å². The summed E-state index contributed by atoms with van der Waals surface area (Å²) >= 11 is 0. The van der Waals surface area contributed by atoms with Crippen LogP contribution >= 0.6 is 0 Å². The Bertz CT molecular complexity index is 636. The van der Waals surface area contributed by atoms with Gasteiger partial charge in [0, 0.05) is 12.3 Å². The standard InChI is InChI=1S/C10H7F3N4O2/c1-5-14-7(10(11,12)13)4-8(15-5)17-3-2-6(16-17)9(18)19/h2-4H,1H3,(H,18,19). The van der Waals surface area contributed by atoms with E-state index in [1.165, 1.54) is 13.1 Å². The zero-order chi connectivity index (χ0) is 14.2. The Kier molecular flexibility index (Phi) is 2.97. The third-order valence-corrected chi connectivity index (χ3v) is 2.16. The van der Waals surface area contributed by atoms with Crippen molar-refractivity contribution in [3.05, 3.63) is 35.5 Å². The minimum atomic E-state index is -4.61. The van der Waals surface area contributed by atoms with Crippen molar-refractivity contribution in [2.24, 2.45) is 0 Å². The van der Waals surface area contributed by atoms with E-state index in [2.05, 4.69) is 15.1 Å². The van der Waals surface area contributed by atoms with E-state index in [0.717, 1.165) is 10.7 Å². The number of alkyl halides is 3. The molecule has 19 heavy (non-hydrogen) atoms. The van der Waals surface area contributed by atoms with Crippen LogP contribution in [0.2, 0.25) is 0 Å². The van der Waals surface area contributed by atoms with E-state index in [4.69, 9.17) is 5.11 Å². The number of hydrogen-bond donors (Lipinski definition) is 1. The first kappa shape index (κ1) is 13.0. The number of aromatic nitrogens is 4. The first-order chi connectivity index (χ1) is 8.77. The maximum Gasteiger partial charge on any atom is 0.433 e. The summed E-state index contributed by atoms with van der Waals surface area (Å²) in [6, 6.07) is 1.86. The molecule has 0 bridgehead atoms. The van der Waals surface area contributed by atoms with Crippen molar-refractivity contribution in [3.8, 4) is 5.82 Å². The Morgan fingerprint density at radius 2 is 2.05 bits per heavy atom. The molecule has 0 aliphatic carbocycles. The summed E-state index contributed by atoms with van der Waals surface area (Å²) in [5.74, 6) is -1.51. The Balaban J connectivity index is 2.50. The molecule has 0 aliphatic rings. The number of nitrogens with zero attached hydrogens (tertiary/aromatic N) is 4. The van der Waals surface area contributed by atoms with Crippen molar-refractivity contribution in [3.63, 3.8) is 0 Å². The fraction of sp³-hybridized carbons (Fsp3) is 0.200. The molecule has 0 saturated heterocycles. The molecule has 0 aliphatic heterocycles. The van der Waals surface area contributed by atoms with Crippen LogP contribution in [0, 0.1) is 6.92 Å². The monoisotopic (exact) mass is 272 g/mol. The second-order valence-corrected chi connectivity index (χ2v) is 3.61. The van der Waals surface area contributed by atoms with Crippen LogP contribution in [-0.2, 0) is 6.18 Å². The summed E-state index contributed by atoms with van der Waals surface area (Å²) in [4.78, 5) is 17.7. The number of hydrogen-bond acceptors (Lipinski definition) is 4. The predicted octanol–water partition coefficient (Wildman–Crippen LogP) is 1.69. The number of aromatic carboxylic acids is 1. The van der Waals surface area contributed by atoms with Gasteiger partial charge in [-0.1, -0.05) is 0 Å². The van der Waals surface area contributed by atoms with Crippen molar-refractivity contribution in [2.45, 2.75) is 13.1 Å². The van der Waals surface area contributed by atoms with E-state index < -0.39 is 17.8 Å². The Hall–Kier alpha value is -2.45. The largest absolute Gasteiger partial charge is 0.476 e.